The molecule has 0 radical (unpaired) electrons. The van der Waals surface area contributed by atoms with E-state index in [4.69, 9.17) is 4.74 Å². The van der Waals surface area contributed by atoms with Gasteiger partial charge in [-0.15, -0.1) is 0 Å². The van der Waals surface area contributed by atoms with Gasteiger partial charge >= 0.3 is 0 Å². The van der Waals surface area contributed by atoms with Crippen molar-refractivity contribution in [3.05, 3.63) is 40.3 Å². The number of ether oxygens (including phenoxy) is 1. The van der Waals surface area contributed by atoms with Gasteiger partial charge in [-0.3, -0.25) is 14.3 Å². The van der Waals surface area contributed by atoms with Crippen molar-refractivity contribution in [2.45, 2.75) is 38.9 Å². The van der Waals surface area contributed by atoms with Crippen LogP contribution in [0.15, 0.2) is 29.2 Å². The molecule has 3 heterocycles. The number of hydrogen-bond acceptors (Lipinski definition) is 5. The van der Waals surface area contributed by atoms with Gasteiger partial charge in [-0.1, -0.05) is 0 Å². The minimum absolute atomic E-state index is 0.0497. The molecule has 7 nitrogen and oxygen atoms in total. The lowest BCUT2D eigenvalue weighted by Gasteiger charge is -2.35. The average Bonchev–Trinajstić information content (AvgIpc) is 3.32. The zero-order valence-electron chi connectivity index (χ0n) is 14.9. The molecule has 2 amide bonds. The number of nitrogens with one attached hydrogen (secondary N) is 1. The van der Waals surface area contributed by atoms with Crippen molar-refractivity contribution in [2.24, 2.45) is 0 Å². The van der Waals surface area contributed by atoms with Gasteiger partial charge in [0.2, 0.25) is 11.8 Å². The monoisotopic (exact) mass is 376 g/mol. The average molecular weight is 376 g/mol. The summed E-state index contributed by atoms with van der Waals surface area (Å²) in [6.45, 7) is 4.70. The smallest absolute Gasteiger partial charge is 0.227 e. The van der Waals surface area contributed by atoms with E-state index in [-0.39, 0.29) is 24.3 Å². The van der Waals surface area contributed by atoms with Crippen LogP contribution in [0.5, 0.6) is 0 Å². The van der Waals surface area contributed by atoms with Crippen molar-refractivity contribution in [2.75, 3.05) is 19.8 Å². The fourth-order valence-electron chi connectivity index (χ4n) is 2.98. The van der Waals surface area contributed by atoms with Crippen molar-refractivity contribution >= 4 is 23.2 Å². The Hall–Kier alpha value is -2.19. The molecule has 1 fully saturated rings. The van der Waals surface area contributed by atoms with Gasteiger partial charge in [-0.25, -0.2) is 0 Å². The Kier molecular flexibility index (Phi) is 6.40. The number of amides is 2. The van der Waals surface area contributed by atoms with Crippen LogP contribution in [0.2, 0.25) is 0 Å². The van der Waals surface area contributed by atoms with Gasteiger partial charge in [0.25, 0.3) is 0 Å². The molecule has 0 aromatic carbocycles. The summed E-state index contributed by atoms with van der Waals surface area (Å²) in [5.41, 5.74) is 1.98. The Bertz CT molecular complexity index is 729. The first-order valence-corrected chi connectivity index (χ1v) is 9.76. The number of hydrogen-bond donors (Lipinski definition) is 1. The Morgan fingerprint density at radius 1 is 1.42 bits per heavy atom. The van der Waals surface area contributed by atoms with Crippen LogP contribution >= 0.6 is 11.3 Å². The highest BCUT2D eigenvalue weighted by Crippen LogP contribution is 2.15. The van der Waals surface area contributed by atoms with E-state index in [0.29, 0.717) is 32.7 Å². The number of morpholine rings is 1. The third kappa shape index (κ3) is 4.92. The third-order valence-corrected chi connectivity index (χ3v) is 5.14. The van der Waals surface area contributed by atoms with Crippen molar-refractivity contribution in [1.82, 2.24) is 20.0 Å². The zero-order valence-corrected chi connectivity index (χ0v) is 15.7. The summed E-state index contributed by atoms with van der Waals surface area (Å²) in [7, 11) is 0. The molecule has 3 rings (SSSR count). The number of thiophene rings is 1. The van der Waals surface area contributed by atoms with Crippen LogP contribution in [-0.4, -0.2) is 52.3 Å². The predicted octanol–water partition coefficient (Wildman–Crippen LogP) is 1.44. The topological polar surface area (TPSA) is 76.5 Å². The number of carbonyl (C=O) groups excluding carboxylic acids is 2. The van der Waals surface area contributed by atoms with Gasteiger partial charge in [0.1, 0.15) is 0 Å². The molecule has 0 spiro atoms. The van der Waals surface area contributed by atoms with Gasteiger partial charge in [-0.05, 0) is 29.3 Å². The Morgan fingerprint density at radius 2 is 2.31 bits per heavy atom. The molecule has 1 saturated heterocycles. The van der Waals surface area contributed by atoms with Gasteiger partial charge in [0, 0.05) is 37.8 Å². The van der Waals surface area contributed by atoms with Crippen LogP contribution in [0.3, 0.4) is 0 Å². The minimum Gasteiger partial charge on any atom is -0.377 e. The lowest BCUT2D eigenvalue weighted by atomic mass is 10.1. The molecule has 140 valence electrons. The normalized spacial score (nSPS) is 17.3. The predicted molar refractivity (Wildman–Crippen MR) is 98.7 cm³/mol. The van der Waals surface area contributed by atoms with Gasteiger partial charge < -0.3 is 15.0 Å². The maximum atomic E-state index is 12.6. The molecule has 2 aromatic rings. The molecule has 0 aliphatic carbocycles. The van der Waals surface area contributed by atoms with Gasteiger partial charge in [0.15, 0.2) is 0 Å². The molecular weight excluding hydrogens is 352 g/mol. The molecule has 0 bridgehead atoms. The standard InChI is InChI=1S/C18H24N4O3S/c1-2-21-11-15(10-20-21)9-19-17(23)8-16-12-25-5-4-22(16)18(24)7-14-3-6-26-13-14/h3,6,10-11,13,16H,2,4-5,7-9,12H2,1H3,(H,19,23)/t16-/m0/s1. The SMILES string of the molecule is CCn1cc(CNC(=O)C[C@H]2COCCN2C(=O)Cc2ccsc2)cn1. The summed E-state index contributed by atoms with van der Waals surface area (Å²) >= 11 is 1.58. The van der Waals surface area contributed by atoms with Crippen molar-refractivity contribution < 1.29 is 14.3 Å². The van der Waals surface area contributed by atoms with E-state index >= 15 is 0 Å². The quantitative estimate of drug-likeness (QED) is 0.793. The number of carbonyl (C=O) groups is 2. The van der Waals surface area contributed by atoms with Gasteiger partial charge in [-0.2, -0.15) is 16.4 Å². The van der Waals surface area contributed by atoms with E-state index in [1.165, 1.54) is 0 Å². The maximum Gasteiger partial charge on any atom is 0.227 e. The van der Waals surface area contributed by atoms with Gasteiger partial charge in [0.05, 0.1) is 31.9 Å². The largest absolute Gasteiger partial charge is 0.377 e. The van der Waals surface area contributed by atoms with E-state index in [1.807, 2.05) is 34.6 Å². The van der Waals surface area contributed by atoms with E-state index in [1.54, 1.807) is 22.4 Å². The fraction of sp³-hybridized carbons (Fsp3) is 0.500. The molecule has 2 aromatic heterocycles. The minimum atomic E-state index is -0.215. The zero-order chi connectivity index (χ0) is 18.4. The summed E-state index contributed by atoms with van der Waals surface area (Å²) < 4.78 is 7.31. The van der Waals surface area contributed by atoms with Crippen molar-refractivity contribution in [3.63, 3.8) is 0 Å². The van der Waals surface area contributed by atoms with Crippen LogP contribution in [0, 0.1) is 0 Å². The van der Waals surface area contributed by atoms with Crippen LogP contribution in [-0.2, 0) is 33.8 Å². The highest BCUT2D eigenvalue weighted by Gasteiger charge is 2.29. The van der Waals surface area contributed by atoms with E-state index in [2.05, 4.69) is 10.4 Å². The second-order valence-corrected chi connectivity index (χ2v) is 7.09. The van der Waals surface area contributed by atoms with Crippen molar-refractivity contribution in [3.8, 4) is 0 Å². The summed E-state index contributed by atoms with van der Waals surface area (Å²) in [6.07, 6.45) is 4.29. The highest BCUT2D eigenvalue weighted by atomic mass is 32.1. The van der Waals surface area contributed by atoms with Crippen LogP contribution in [0.1, 0.15) is 24.5 Å². The fourth-order valence-corrected chi connectivity index (χ4v) is 3.65. The van der Waals surface area contributed by atoms with Crippen molar-refractivity contribution in [1.29, 1.82) is 0 Å². The summed E-state index contributed by atoms with van der Waals surface area (Å²) in [5.74, 6) is -0.0354. The first-order chi connectivity index (χ1) is 12.7. The molecule has 1 aliphatic rings. The molecule has 1 N–H and O–H groups in total. The number of aromatic nitrogens is 2. The Balaban J connectivity index is 1.52. The summed E-state index contributed by atoms with van der Waals surface area (Å²) in [5, 5.41) is 11.0. The van der Waals surface area contributed by atoms with Crippen LogP contribution in [0.25, 0.3) is 0 Å². The van der Waals surface area contributed by atoms with E-state index in [0.717, 1.165) is 17.7 Å². The molecule has 0 saturated carbocycles. The van der Waals surface area contributed by atoms with Crippen LogP contribution < -0.4 is 5.32 Å². The second-order valence-electron chi connectivity index (χ2n) is 6.31. The number of aryl methyl sites for hydroxylation is 1. The second kappa shape index (κ2) is 8.95. The number of rotatable bonds is 7. The van der Waals surface area contributed by atoms with Crippen LogP contribution in [0.4, 0.5) is 0 Å². The first-order valence-electron chi connectivity index (χ1n) is 8.82. The van der Waals surface area contributed by atoms with E-state index < -0.39 is 0 Å². The molecule has 1 aliphatic heterocycles. The molecule has 1 atom stereocenters. The third-order valence-electron chi connectivity index (χ3n) is 4.40. The van der Waals surface area contributed by atoms with E-state index in [9.17, 15) is 9.59 Å². The summed E-state index contributed by atoms with van der Waals surface area (Å²) in [4.78, 5) is 26.7. The number of nitrogens with zero attached hydrogens (tertiary/aromatic N) is 3. The molecule has 26 heavy (non-hydrogen) atoms. The maximum absolute atomic E-state index is 12.6. The Morgan fingerprint density at radius 3 is 3.04 bits per heavy atom. The highest BCUT2D eigenvalue weighted by molar-refractivity contribution is 7.08. The molecule has 0 unspecified atom stereocenters. The molecule has 8 heteroatoms. The Labute approximate surface area is 156 Å². The summed E-state index contributed by atoms with van der Waals surface area (Å²) in [6, 6.07) is 1.74. The lowest BCUT2D eigenvalue weighted by Crippen LogP contribution is -2.51. The molecular formula is C18H24N4O3S. The first kappa shape index (κ1) is 18.6. The lowest BCUT2D eigenvalue weighted by molar-refractivity contribution is -0.141.